The fourth-order valence-corrected chi connectivity index (χ4v) is 5.54. The van der Waals surface area contributed by atoms with Crippen LogP contribution in [0.1, 0.15) is 56.8 Å². The Morgan fingerprint density at radius 1 is 1.14 bits per heavy atom. The van der Waals surface area contributed by atoms with Crippen molar-refractivity contribution in [3.63, 3.8) is 0 Å². The maximum Gasteiger partial charge on any atom is 0.418 e. The molecule has 3 N–H and O–H groups in total. The van der Waals surface area contributed by atoms with Gasteiger partial charge in [0.2, 0.25) is 0 Å². The molecule has 0 bridgehead atoms. The molecule has 1 saturated carbocycles. The molecule has 0 radical (unpaired) electrons. The number of alkyl halides is 3. The predicted octanol–water partition coefficient (Wildman–Crippen LogP) is 3.94. The molecule has 3 unspecified atom stereocenters. The van der Waals surface area contributed by atoms with Gasteiger partial charge in [0.15, 0.2) is 0 Å². The van der Waals surface area contributed by atoms with E-state index in [9.17, 15) is 23.4 Å². The number of nitrogens with one attached hydrogen (secondary N) is 1. The van der Waals surface area contributed by atoms with E-state index in [1.54, 1.807) is 25.3 Å². The van der Waals surface area contributed by atoms with Gasteiger partial charge in [-0.2, -0.15) is 13.2 Å². The molecule has 2 fully saturated rings. The Bertz CT molecular complexity index is 1210. The molecule has 35 heavy (non-hydrogen) atoms. The summed E-state index contributed by atoms with van der Waals surface area (Å²) in [5.74, 6) is 0.0667. The van der Waals surface area contributed by atoms with Crippen molar-refractivity contribution in [1.29, 1.82) is 0 Å². The molecular formula is C25H29F3N4O3. The van der Waals surface area contributed by atoms with Crippen LogP contribution in [0.5, 0.6) is 5.75 Å². The van der Waals surface area contributed by atoms with Crippen molar-refractivity contribution < 1.29 is 28.1 Å². The second-order valence-electron chi connectivity index (χ2n) is 10.3. The minimum atomic E-state index is -4.60. The quantitative estimate of drug-likeness (QED) is 0.502. The van der Waals surface area contributed by atoms with E-state index in [2.05, 4.69) is 15.3 Å². The fraction of sp³-hybridized carbons (Fsp3) is 0.520. The number of aliphatic hydroxyl groups is 2. The van der Waals surface area contributed by atoms with E-state index in [0.717, 1.165) is 6.07 Å². The first-order valence-electron chi connectivity index (χ1n) is 11.8. The van der Waals surface area contributed by atoms with Gasteiger partial charge in [-0.1, -0.05) is 6.07 Å². The Kier molecular flexibility index (Phi) is 5.81. The summed E-state index contributed by atoms with van der Waals surface area (Å²) >= 11 is 0. The molecule has 3 heterocycles. The Morgan fingerprint density at radius 2 is 1.91 bits per heavy atom. The number of nitrogens with zero attached hydrogens (tertiary/aromatic N) is 3. The molecule has 1 saturated heterocycles. The lowest BCUT2D eigenvalue weighted by Gasteiger charge is -2.42. The van der Waals surface area contributed by atoms with E-state index in [1.165, 1.54) is 17.0 Å². The summed E-state index contributed by atoms with van der Waals surface area (Å²) in [7, 11) is 0. The number of hydrogen-bond acceptors (Lipinski definition) is 6. The van der Waals surface area contributed by atoms with Gasteiger partial charge in [-0.15, -0.1) is 0 Å². The van der Waals surface area contributed by atoms with Crippen molar-refractivity contribution in [2.45, 2.75) is 75.0 Å². The molecule has 0 spiro atoms. The summed E-state index contributed by atoms with van der Waals surface area (Å²) in [6.45, 7) is 3.70. The first-order chi connectivity index (χ1) is 16.4. The number of rotatable bonds is 5. The van der Waals surface area contributed by atoms with Crippen LogP contribution < -0.4 is 10.1 Å². The molecule has 0 amide bonds. The summed E-state index contributed by atoms with van der Waals surface area (Å²) in [6.07, 6.45) is -0.0325. The van der Waals surface area contributed by atoms with Crippen LogP contribution in [0.2, 0.25) is 0 Å². The van der Waals surface area contributed by atoms with E-state index in [-0.39, 0.29) is 41.5 Å². The maximum absolute atomic E-state index is 14.0. The third-order valence-electron chi connectivity index (χ3n) is 7.03. The second kappa shape index (κ2) is 8.46. The minimum Gasteiger partial charge on any atom is -0.492 e. The summed E-state index contributed by atoms with van der Waals surface area (Å²) in [6, 6.07) is 7.33. The molecule has 188 valence electrons. The first-order valence-corrected chi connectivity index (χ1v) is 11.8. The molecule has 1 aliphatic heterocycles. The van der Waals surface area contributed by atoms with Gasteiger partial charge in [-0.3, -0.25) is 4.98 Å². The molecule has 2 aromatic heterocycles. The van der Waals surface area contributed by atoms with Crippen LogP contribution in [0.15, 0.2) is 42.9 Å². The standard InChI is InChI=1S/C25H29F3N4O3/c1-15-9-24(34,21-5-3-4-6-29-21)10-16(31-15)13-35-18-7-19(25(26,27)28)22-20(8-18)30-14-32(22)17-11-23(2,33)12-17/h3-8,14-17,31,33-34H,9-13H2,1-2H3. The van der Waals surface area contributed by atoms with Crippen LogP contribution in [-0.2, 0) is 11.8 Å². The second-order valence-corrected chi connectivity index (χ2v) is 10.3. The number of piperidine rings is 1. The summed E-state index contributed by atoms with van der Waals surface area (Å²) in [5, 5.41) is 24.7. The van der Waals surface area contributed by atoms with Gasteiger partial charge in [0.1, 0.15) is 18.0 Å². The van der Waals surface area contributed by atoms with Gasteiger partial charge in [0.25, 0.3) is 0 Å². The van der Waals surface area contributed by atoms with Crippen molar-refractivity contribution >= 4 is 11.0 Å². The number of pyridine rings is 1. The zero-order chi connectivity index (χ0) is 25.0. The summed E-state index contributed by atoms with van der Waals surface area (Å²) in [4.78, 5) is 8.51. The lowest BCUT2D eigenvalue weighted by molar-refractivity contribution is -0.136. The van der Waals surface area contributed by atoms with Crippen molar-refractivity contribution in [3.05, 3.63) is 54.1 Å². The van der Waals surface area contributed by atoms with Crippen molar-refractivity contribution in [3.8, 4) is 5.75 Å². The topological polar surface area (TPSA) is 92.4 Å². The van der Waals surface area contributed by atoms with Crippen LogP contribution in [0.25, 0.3) is 11.0 Å². The molecule has 2 aliphatic rings. The lowest BCUT2D eigenvalue weighted by Crippen LogP contribution is -2.53. The highest BCUT2D eigenvalue weighted by atomic mass is 19.4. The predicted molar refractivity (Wildman–Crippen MR) is 123 cm³/mol. The summed E-state index contributed by atoms with van der Waals surface area (Å²) in [5.41, 5.74) is -2.08. The zero-order valence-electron chi connectivity index (χ0n) is 19.6. The lowest BCUT2D eigenvalue weighted by atomic mass is 9.77. The van der Waals surface area contributed by atoms with Gasteiger partial charge < -0.3 is 24.8 Å². The molecule has 3 aromatic rings. The van der Waals surface area contributed by atoms with E-state index >= 15 is 0 Å². The van der Waals surface area contributed by atoms with Gasteiger partial charge in [-0.05, 0) is 51.3 Å². The minimum absolute atomic E-state index is 0.000657. The number of halogens is 3. The number of hydrogen-bond donors (Lipinski definition) is 3. The van der Waals surface area contributed by atoms with Crippen molar-refractivity contribution in [2.24, 2.45) is 0 Å². The highest BCUT2D eigenvalue weighted by Crippen LogP contribution is 2.45. The SMILES string of the molecule is CC1CC(O)(c2ccccn2)CC(COc2cc(C(F)(F)F)c3c(c2)ncn3C2CC(C)(O)C2)N1. The number of aromatic nitrogens is 3. The number of ether oxygens (including phenoxy) is 1. The van der Waals surface area contributed by atoms with Gasteiger partial charge >= 0.3 is 6.18 Å². The van der Waals surface area contributed by atoms with Crippen LogP contribution >= 0.6 is 0 Å². The van der Waals surface area contributed by atoms with E-state index < -0.39 is 22.9 Å². The normalized spacial score (nSPS) is 31.3. The van der Waals surface area contributed by atoms with Gasteiger partial charge in [-0.25, -0.2) is 4.98 Å². The van der Waals surface area contributed by atoms with Crippen LogP contribution in [0, 0.1) is 0 Å². The maximum atomic E-state index is 14.0. The molecule has 5 rings (SSSR count). The third-order valence-corrected chi connectivity index (χ3v) is 7.03. The molecule has 10 heteroatoms. The highest BCUT2D eigenvalue weighted by Gasteiger charge is 2.43. The fourth-order valence-electron chi connectivity index (χ4n) is 5.54. The number of benzene rings is 1. The monoisotopic (exact) mass is 490 g/mol. The van der Waals surface area contributed by atoms with E-state index in [4.69, 9.17) is 4.74 Å². The zero-order valence-corrected chi connectivity index (χ0v) is 19.6. The van der Waals surface area contributed by atoms with Crippen LogP contribution in [0.4, 0.5) is 13.2 Å². The molecule has 3 atom stereocenters. The van der Waals surface area contributed by atoms with Crippen molar-refractivity contribution in [1.82, 2.24) is 19.9 Å². The van der Waals surface area contributed by atoms with Gasteiger partial charge in [0.05, 0.1) is 34.2 Å². The number of fused-ring (bicyclic) bond motifs is 1. The smallest absolute Gasteiger partial charge is 0.418 e. The largest absolute Gasteiger partial charge is 0.492 e. The average Bonchev–Trinajstić information content (AvgIpc) is 3.18. The molecular weight excluding hydrogens is 461 g/mol. The molecule has 7 nitrogen and oxygen atoms in total. The van der Waals surface area contributed by atoms with Crippen molar-refractivity contribution in [2.75, 3.05) is 6.61 Å². The highest BCUT2D eigenvalue weighted by molar-refractivity contribution is 5.82. The average molecular weight is 491 g/mol. The van der Waals surface area contributed by atoms with Gasteiger partial charge in [0, 0.05) is 36.8 Å². The molecule has 1 aliphatic carbocycles. The van der Waals surface area contributed by atoms with E-state index in [1.807, 2.05) is 13.0 Å². The molecule has 1 aromatic carbocycles. The Labute approximate surface area is 201 Å². The van der Waals surface area contributed by atoms with E-state index in [0.29, 0.717) is 31.4 Å². The third kappa shape index (κ3) is 4.74. The van der Waals surface area contributed by atoms with Crippen LogP contribution in [-0.4, -0.2) is 49.0 Å². The Hall–Kier alpha value is -2.69. The first kappa shape index (κ1) is 24.0. The Morgan fingerprint density at radius 3 is 2.57 bits per heavy atom. The van der Waals surface area contributed by atoms with Crippen LogP contribution in [0.3, 0.4) is 0 Å². The number of imidazole rings is 1. The Balaban J connectivity index is 1.38. The summed E-state index contributed by atoms with van der Waals surface area (Å²) < 4.78 is 49.4.